The minimum Gasteiger partial charge on any atom is -0.497 e. The van der Waals surface area contributed by atoms with Gasteiger partial charge in [-0.2, -0.15) is 0 Å². The van der Waals surface area contributed by atoms with Gasteiger partial charge in [-0.15, -0.1) is 0 Å². The molecule has 0 spiro atoms. The number of aryl methyl sites for hydroxylation is 4. The van der Waals surface area contributed by atoms with E-state index in [9.17, 15) is 0 Å². The van der Waals surface area contributed by atoms with Gasteiger partial charge in [0.25, 0.3) is 0 Å². The molecule has 6 nitrogen and oxygen atoms in total. The first-order valence-corrected chi connectivity index (χ1v) is 12.9. The van der Waals surface area contributed by atoms with Crippen LogP contribution < -0.4 is 28.4 Å². The monoisotopic (exact) mass is 528 g/mol. The lowest BCUT2D eigenvalue weighted by molar-refractivity contribution is 0.329. The van der Waals surface area contributed by atoms with Gasteiger partial charge >= 0.3 is 0 Å². The Morgan fingerprint density at radius 2 is 0.923 bits per heavy atom. The van der Waals surface area contributed by atoms with Crippen LogP contribution in [-0.4, -0.2) is 35.5 Å². The number of rotatable bonds is 13. The zero-order valence-corrected chi connectivity index (χ0v) is 23.3. The van der Waals surface area contributed by atoms with Gasteiger partial charge in [0, 0.05) is 0 Å². The highest BCUT2D eigenvalue weighted by Gasteiger charge is 2.17. The van der Waals surface area contributed by atoms with Gasteiger partial charge in [-0.3, -0.25) is 0 Å². The highest BCUT2D eigenvalue weighted by molar-refractivity contribution is 5.57. The molecule has 204 valence electrons. The van der Waals surface area contributed by atoms with Crippen molar-refractivity contribution in [3.05, 3.63) is 101 Å². The Hall–Kier alpha value is -4.32. The van der Waals surface area contributed by atoms with Crippen LogP contribution >= 0.6 is 0 Å². The van der Waals surface area contributed by atoms with Gasteiger partial charge in [-0.1, -0.05) is 30.3 Å². The van der Waals surface area contributed by atoms with E-state index in [1.165, 1.54) is 11.1 Å². The summed E-state index contributed by atoms with van der Waals surface area (Å²) in [6.07, 6.45) is 3.35. The fourth-order valence-electron chi connectivity index (χ4n) is 4.51. The smallest absolute Gasteiger partial charge is 0.203 e. The van der Waals surface area contributed by atoms with Crippen molar-refractivity contribution in [2.75, 3.05) is 35.5 Å². The molecule has 0 radical (unpaired) electrons. The molecule has 4 rings (SSSR count). The van der Waals surface area contributed by atoms with Crippen molar-refractivity contribution in [1.29, 1.82) is 0 Å². The average Bonchev–Trinajstić information content (AvgIpc) is 2.99. The van der Waals surface area contributed by atoms with Gasteiger partial charge in [-0.05, 0) is 96.5 Å². The molecule has 4 aromatic rings. The van der Waals surface area contributed by atoms with Gasteiger partial charge in [-0.25, -0.2) is 0 Å². The van der Waals surface area contributed by atoms with E-state index < -0.39 is 0 Å². The zero-order valence-electron chi connectivity index (χ0n) is 23.3. The molecule has 0 amide bonds. The lowest BCUT2D eigenvalue weighted by Crippen LogP contribution is -2.00. The zero-order chi connectivity index (χ0) is 27.6. The molecule has 0 aliphatic rings. The Balaban J connectivity index is 1.57. The molecule has 0 unspecified atom stereocenters. The van der Waals surface area contributed by atoms with Crippen molar-refractivity contribution in [3.63, 3.8) is 0 Å². The molecule has 0 atom stereocenters. The Bertz CT molecular complexity index is 1380. The fraction of sp³-hybridized carbons (Fsp3) is 0.273. The van der Waals surface area contributed by atoms with E-state index in [1.54, 1.807) is 35.5 Å². The number of hydrogen-bond donors (Lipinski definition) is 0. The molecule has 0 N–H and O–H groups in total. The van der Waals surface area contributed by atoms with Gasteiger partial charge in [0.05, 0.1) is 35.5 Å². The van der Waals surface area contributed by atoms with Crippen LogP contribution in [0, 0.1) is 0 Å². The summed E-state index contributed by atoms with van der Waals surface area (Å²) in [6, 6.07) is 26.3. The van der Waals surface area contributed by atoms with Crippen LogP contribution in [0.4, 0.5) is 0 Å². The molecule has 39 heavy (non-hydrogen) atoms. The number of benzene rings is 4. The predicted octanol–water partition coefficient (Wildman–Crippen LogP) is 7.09. The molecule has 0 fully saturated rings. The summed E-state index contributed by atoms with van der Waals surface area (Å²) < 4.78 is 34.2. The molecule has 0 aromatic heterocycles. The van der Waals surface area contributed by atoms with E-state index >= 15 is 0 Å². The summed E-state index contributed by atoms with van der Waals surface area (Å²) in [5.74, 6) is 4.69. The van der Waals surface area contributed by atoms with Gasteiger partial charge < -0.3 is 28.4 Å². The van der Waals surface area contributed by atoms with Gasteiger partial charge in [0.15, 0.2) is 23.0 Å². The van der Waals surface area contributed by atoms with Crippen LogP contribution in [0.5, 0.6) is 40.2 Å². The molecule has 0 aliphatic heterocycles. The molecular weight excluding hydrogens is 492 g/mol. The molecule has 6 heteroatoms. The first kappa shape index (κ1) is 27.7. The maximum Gasteiger partial charge on any atom is 0.203 e. The Kier molecular flexibility index (Phi) is 9.57. The van der Waals surface area contributed by atoms with Crippen molar-refractivity contribution in [1.82, 2.24) is 0 Å². The first-order valence-electron chi connectivity index (χ1n) is 12.9. The molecule has 0 bridgehead atoms. The quantitative estimate of drug-likeness (QED) is 0.185. The van der Waals surface area contributed by atoms with Crippen molar-refractivity contribution in [3.8, 4) is 40.2 Å². The number of hydrogen-bond acceptors (Lipinski definition) is 6. The third-order valence-corrected chi connectivity index (χ3v) is 6.63. The van der Waals surface area contributed by atoms with E-state index in [1.807, 2.05) is 48.5 Å². The third kappa shape index (κ3) is 7.17. The minimum absolute atomic E-state index is 0.534. The largest absolute Gasteiger partial charge is 0.497 e. The third-order valence-electron chi connectivity index (χ3n) is 6.63. The van der Waals surface area contributed by atoms with Crippen molar-refractivity contribution in [2.45, 2.75) is 25.7 Å². The first-order chi connectivity index (χ1) is 19.1. The van der Waals surface area contributed by atoms with E-state index in [4.69, 9.17) is 28.4 Å². The highest BCUT2D eigenvalue weighted by Crippen LogP contribution is 2.43. The second-order valence-corrected chi connectivity index (χ2v) is 9.12. The second kappa shape index (κ2) is 13.5. The van der Waals surface area contributed by atoms with Crippen molar-refractivity contribution >= 4 is 0 Å². The maximum atomic E-state index is 6.45. The molecule has 0 saturated heterocycles. The lowest BCUT2D eigenvalue weighted by atomic mass is 10.0. The molecule has 0 heterocycles. The summed E-state index contributed by atoms with van der Waals surface area (Å²) >= 11 is 0. The number of ether oxygens (including phenoxy) is 6. The minimum atomic E-state index is 0.534. The van der Waals surface area contributed by atoms with Crippen molar-refractivity contribution < 1.29 is 28.4 Å². The molecule has 0 saturated carbocycles. The Morgan fingerprint density at radius 1 is 0.410 bits per heavy atom. The maximum absolute atomic E-state index is 6.45. The standard InChI is InChI=1S/C33H36O6/c1-34-27-10-6-8-23(18-27)12-13-25-16-17-29(36-3)30(20-25)39-32-22-26(21-31(37-4)33(32)38-5)15-14-24-9-7-11-28(19-24)35-2/h6-11,16-22H,12-15H2,1-5H3. The van der Waals surface area contributed by atoms with Crippen LogP contribution in [-0.2, 0) is 25.7 Å². The van der Waals surface area contributed by atoms with E-state index in [0.29, 0.717) is 28.7 Å². The Labute approximate surface area is 231 Å². The summed E-state index contributed by atoms with van der Waals surface area (Å²) in [5, 5.41) is 0. The SMILES string of the molecule is COc1cccc(CCc2ccc(OC)c(Oc3cc(CCc4cccc(OC)c4)cc(OC)c3OC)c2)c1. The van der Waals surface area contributed by atoms with Gasteiger partial charge in [0.2, 0.25) is 5.75 Å². The number of methoxy groups -OCH3 is 5. The summed E-state index contributed by atoms with van der Waals surface area (Å²) in [6.45, 7) is 0. The predicted molar refractivity (Wildman–Crippen MR) is 153 cm³/mol. The Morgan fingerprint density at radius 3 is 1.46 bits per heavy atom. The summed E-state index contributed by atoms with van der Waals surface area (Å²) in [5.41, 5.74) is 4.60. The lowest BCUT2D eigenvalue weighted by Gasteiger charge is -2.18. The van der Waals surface area contributed by atoms with Crippen LogP contribution in [0.3, 0.4) is 0 Å². The molecule has 0 aliphatic carbocycles. The molecular formula is C33H36O6. The van der Waals surface area contributed by atoms with Gasteiger partial charge in [0.1, 0.15) is 11.5 Å². The average molecular weight is 529 g/mol. The normalized spacial score (nSPS) is 10.6. The van der Waals surface area contributed by atoms with E-state index in [2.05, 4.69) is 30.3 Å². The van der Waals surface area contributed by atoms with E-state index in [0.717, 1.165) is 48.3 Å². The van der Waals surface area contributed by atoms with Crippen LogP contribution in [0.15, 0.2) is 78.9 Å². The highest BCUT2D eigenvalue weighted by atomic mass is 16.5. The van der Waals surface area contributed by atoms with Crippen molar-refractivity contribution in [2.24, 2.45) is 0 Å². The van der Waals surface area contributed by atoms with Crippen LogP contribution in [0.1, 0.15) is 22.3 Å². The summed E-state index contributed by atoms with van der Waals surface area (Å²) in [7, 11) is 8.25. The molecule has 4 aromatic carbocycles. The van der Waals surface area contributed by atoms with E-state index in [-0.39, 0.29) is 0 Å². The summed E-state index contributed by atoms with van der Waals surface area (Å²) in [4.78, 5) is 0. The van der Waals surface area contributed by atoms with Crippen LogP contribution in [0.2, 0.25) is 0 Å². The fourth-order valence-corrected chi connectivity index (χ4v) is 4.51. The topological polar surface area (TPSA) is 55.4 Å². The van der Waals surface area contributed by atoms with Crippen LogP contribution in [0.25, 0.3) is 0 Å². The second-order valence-electron chi connectivity index (χ2n) is 9.12.